The maximum atomic E-state index is 13.2. The molecule has 0 aromatic heterocycles. The van der Waals surface area contributed by atoms with E-state index >= 15 is 0 Å². The molecule has 0 bridgehead atoms. The minimum Gasteiger partial charge on any atom is -0.495 e. The Kier molecular flexibility index (Phi) is 5.92. The van der Waals surface area contributed by atoms with Gasteiger partial charge < -0.3 is 4.74 Å². The van der Waals surface area contributed by atoms with E-state index in [2.05, 4.69) is 4.72 Å². The lowest BCUT2D eigenvalue weighted by Gasteiger charge is -2.26. The van der Waals surface area contributed by atoms with E-state index in [4.69, 9.17) is 4.74 Å². The third-order valence-electron chi connectivity index (χ3n) is 5.38. The van der Waals surface area contributed by atoms with Crippen molar-refractivity contribution < 1.29 is 21.6 Å². The van der Waals surface area contributed by atoms with Crippen LogP contribution >= 0.6 is 0 Å². The summed E-state index contributed by atoms with van der Waals surface area (Å²) >= 11 is 0. The number of hydrogen-bond acceptors (Lipinski definition) is 5. The summed E-state index contributed by atoms with van der Waals surface area (Å²) in [5, 5.41) is 1.73. The van der Waals surface area contributed by atoms with E-state index in [1.165, 1.54) is 35.7 Å². The first kappa shape index (κ1) is 21.6. The summed E-state index contributed by atoms with van der Waals surface area (Å²) in [5.41, 5.74) is 0.157. The van der Waals surface area contributed by atoms with E-state index in [0.29, 0.717) is 13.1 Å². The molecule has 4 rings (SSSR count). The Morgan fingerprint density at radius 3 is 2.26 bits per heavy atom. The zero-order valence-electron chi connectivity index (χ0n) is 17.1. The minimum absolute atomic E-state index is 0.0457. The van der Waals surface area contributed by atoms with Crippen LogP contribution in [-0.2, 0) is 20.0 Å². The largest absolute Gasteiger partial charge is 0.495 e. The number of nitrogens with zero attached hydrogens (tertiary/aromatic N) is 1. The predicted molar refractivity (Wildman–Crippen MR) is 120 cm³/mol. The van der Waals surface area contributed by atoms with Gasteiger partial charge in [-0.25, -0.2) is 16.8 Å². The molecule has 0 aliphatic carbocycles. The molecule has 0 saturated carbocycles. The van der Waals surface area contributed by atoms with Gasteiger partial charge in [-0.05, 0) is 53.9 Å². The van der Waals surface area contributed by atoms with E-state index in [1.54, 1.807) is 12.1 Å². The number of sulfonamides is 2. The number of anilines is 1. The third-order valence-corrected chi connectivity index (χ3v) is 8.68. The van der Waals surface area contributed by atoms with Crippen LogP contribution in [0.15, 0.2) is 70.5 Å². The van der Waals surface area contributed by atoms with Crippen molar-refractivity contribution in [1.82, 2.24) is 4.31 Å². The molecule has 7 nitrogen and oxygen atoms in total. The van der Waals surface area contributed by atoms with Crippen LogP contribution in [0, 0.1) is 0 Å². The highest BCUT2D eigenvalue weighted by Crippen LogP contribution is 2.32. The predicted octanol–water partition coefficient (Wildman–Crippen LogP) is 3.82. The Bertz CT molecular complexity index is 1310. The molecule has 1 aliphatic rings. The molecule has 1 heterocycles. The monoisotopic (exact) mass is 460 g/mol. The molecule has 0 spiro atoms. The number of piperidine rings is 1. The Balaban J connectivity index is 1.68. The Morgan fingerprint density at radius 1 is 0.839 bits per heavy atom. The number of fused-ring (bicyclic) bond motifs is 1. The average molecular weight is 461 g/mol. The summed E-state index contributed by atoms with van der Waals surface area (Å²) in [6.07, 6.45) is 2.60. The molecule has 1 fully saturated rings. The van der Waals surface area contributed by atoms with Gasteiger partial charge >= 0.3 is 0 Å². The topological polar surface area (TPSA) is 92.8 Å². The number of ether oxygens (including phenoxy) is 1. The van der Waals surface area contributed by atoms with Gasteiger partial charge in [0.05, 0.1) is 17.7 Å². The highest BCUT2D eigenvalue weighted by atomic mass is 32.2. The molecule has 1 aliphatic heterocycles. The molecule has 0 amide bonds. The second-order valence-electron chi connectivity index (χ2n) is 7.44. The fraction of sp³-hybridized carbons (Fsp3) is 0.273. The van der Waals surface area contributed by atoms with Gasteiger partial charge in [0.1, 0.15) is 10.6 Å². The van der Waals surface area contributed by atoms with Gasteiger partial charge in [0.25, 0.3) is 10.0 Å². The molecule has 9 heteroatoms. The van der Waals surface area contributed by atoms with E-state index in [9.17, 15) is 16.8 Å². The highest BCUT2D eigenvalue weighted by molar-refractivity contribution is 7.92. The van der Waals surface area contributed by atoms with Crippen LogP contribution in [0.2, 0.25) is 0 Å². The molecule has 164 valence electrons. The maximum Gasteiger partial charge on any atom is 0.261 e. The Labute approximate surface area is 182 Å². The summed E-state index contributed by atoms with van der Waals surface area (Å²) in [6, 6.07) is 16.6. The average Bonchev–Trinajstić information content (AvgIpc) is 2.79. The number of hydrogen-bond donors (Lipinski definition) is 1. The van der Waals surface area contributed by atoms with Gasteiger partial charge in [-0.3, -0.25) is 4.72 Å². The van der Waals surface area contributed by atoms with Crippen molar-refractivity contribution in [3.05, 3.63) is 60.7 Å². The van der Waals surface area contributed by atoms with Crippen LogP contribution in [0.25, 0.3) is 10.8 Å². The molecular formula is C22H24N2O5S2. The van der Waals surface area contributed by atoms with Gasteiger partial charge in [-0.15, -0.1) is 0 Å². The van der Waals surface area contributed by atoms with Crippen LogP contribution in [0.5, 0.6) is 5.75 Å². The second-order valence-corrected chi connectivity index (χ2v) is 11.0. The maximum absolute atomic E-state index is 13.2. The van der Waals surface area contributed by atoms with Crippen molar-refractivity contribution in [2.75, 3.05) is 24.9 Å². The van der Waals surface area contributed by atoms with Crippen LogP contribution in [0.3, 0.4) is 0 Å². The van der Waals surface area contributed by atoms with Gasteiger partial charge in [0.15, 0.2) is 0 Å². The fourth-order valence-electron chi connectivity index (χ4n) is 3.73. The summed E-state index contributed by atoms with van der Waals surface area (Å²) in [7, 11) is -6.32. The number of nitrogens with one attached hydrogen (secondary N) is 1. The highest BCUT2D eigenvalue weighted by Gasteiger charge is 2.29. The molecule has 1 saturated heterocycles. The summed E-state index contributed by atoms with van der Waals surface area (Å²) in [4.78, 5) is 0.0538. The first-order chi connectivity index (χ1) is 14.8. The number of benzene rings is 3. The van der Waals surface area contributed by atoms with Gasteiger partial charge in [0.2, 0.25) is 10.0 Å². The standard InChI is InChI=1S/C22H24N2O5S2/c1-29-21-12-10-19(16-22(21)31(27,28)24-13-5-2-6-14-24)23-30(25,26)20-11-9-17-7-3-4-8-18(17)15-20/h3-4,7-12,15-16,23H,2,5-6,13-14H2,1H3. The number of rotatable bonds is 6. The number of methoxy groups -OCH3 is 1. The summed E-state index contributed by atoms with van der Waals surface area (Å²) in [5.74, 6) is 0.180. The van der Waals surface area contributed by atoms with Crippen molar-refractivity contribution in [1.29, 1.82) is 0 Å². The third kappa shape index (κ3) is 4.39. The van der Waals surface area contributed by atoms with Crippen LogP contribution in [0.4, 0.5) is 5.69 Å². The van der Waals surface area contributed by atoms with Crippen molar-refractivity contribution in [2.45, 2.75) is 29.1 Å². The lowest BCUT2D eigenvalue weighted by Crippen LogP contribution is -2.35. The normalized spacial score (nSPS) is 15.6. The van der Waals surface area contributed by atoms with Crippen LogP contribution < -0.4 is 9.46 Å². The first-order valence-corrected chi connectivity index (χ1v) is 12.9. The molecule has 1 N–H and O–H groups in total. The van der Waals surface area contributed by atoms with E-state index in [1.807, 2.05) is 24.3 Å². The molecule has 0 unspecified atom stereocenters. The summed E-state index contributed by atoms with van der Waals surface area (Å²) < 4.78 is 61.4. The molecule has 3 aromatic rings. The van der Waals surface area contributed by atoms with Crippen molar-refractivity contribution in [3.63, 3.8) is 0 Å². The van der Waals surface area contributed by atoms with Crippen molar-refractivity contribution in [3.8, 4) is 5.75 Å². The lowest BCUT2D eigenvalue weighted by molar-refractivity contribution is 0.343. The van der Waals surface area contributed by atoms with Crippen LogP contribution in [-0.4, -0.2) is 41.3 Å². The van der Waals surface area contributed by atoms with E-state index in [-0.39, 0.29) is 21.2 Å². The van der Waals surface area contributed by atoms with Crippen molar-refractivity contribution >= 4 is 36.5 Å². The lowest BCUT2D eigenvalue weighted by atomic mass is 10.1. The molecular weight excluding hydrogens is 436 g/mol. The molecule has 0 atom stereocenters. The summed E-state index contributed by atoms with van der Waals surface area (Å²) in [6.45, 7) is 0.886. The SMILES string of the molecule is COc1ccc(NS(=O)(=O)c2ccc3ccccc3c2)cc1S(=O)(=O)N1CCCCC1. The van der Waals surface area contributed by atoms with Gasteiger partial charge in [-0.1, -0.05) is 36.8 Å². The van der Waals surface area contributed by atoms with E-state index in [0.717, 1.165) is 30.0 Å². The molecule has 3 aromatic carbocycles. The molecule has 31 heavy (non-hydrogen) atoms. The minimum atomic E-state index is -3.91. The quantitative estimate of drug-likeness (QED) is 0.604. The second kappa shape index (κ2) is 8.49. The molecule has 0 radical (unpaired) electrons. The Morgan fingerprint density at radius 2 is 1.55 bits per heavy atom. The van der Waals surface area contributed by atoms with Crippen LogP contribution in [0.1, 0.15) is 19.3 Å². The van der Waals surface area contributed by atoms with Gasteiger partial charge in [0, 0.05) is 13.1 Å². The van der Waals surface area contributed by atoms with E-state index < -0.39 is 20.0 Å². The van der Waals surface area contributed by atoms with Crippen molar-refractivity contribution in [2.24, 2.45) is 0 Å². The zero-order valence-corrected chi connectivity index (χ0v) is 18.7. The van der Waals surface area contributed by atoms with Gasteiger partial charge in [-0.2, -0.15) is 4.31 Å². The zero-order chi connectivity index (χ0) is 22.1. The Hall–Kier alpha value is -2.62. The smallest absolute Gasteiger partial charge is 0.261 e. The fourth-order valence-corrected chi connectivity index (χ4v) is 6.52. The first-order valence-electron chi connectivity index (χ1n) is 10.0.